The first-order valence-electron chi connectivity index (χ1n) is 10.4. The summed E-state index contributed by atoms with van der Waals surface area (Å²) in [4.78, 5) is 25.2. The van der Waals surface area contributed by atoms with Crippen LogP contribution in [0.2, 0.25) is 0 Å². The van der Waals surface area contributed by atoms with Crippen molar-refractivity contribution in [3.05, 3.63) is 89.7 Å². The largest absolute Gasteiger partial charge is 0.497 e. The molecule has 0 aliphatic heterocycles. The molecule has 1 heterocycles. The van der Waals surface area contributed by atoms with Gasteiger partial charge in [0.25, 0.3) is 11.8 Å². The summed E-state index contributed by atoms with van der Waals surface area (Å²) in [6.45, 7) is 2.76. The van der Waals surface area contributed by atoms with Gasteiger partial charge >= 0.3 is 0 Å². The standard InChI is InChI=1S/C25H27N3O3/c1-3-19-13-16-28(17-14-19)18-24(29)27-23-7-5-4-6-22(23)25(30)26-15-12-20-8-10-21(31-2)11-9-20/h4-11,13-14,16-17H,3,12,15,18H2,1-2H3,(H-,26,27,29,30)/p+1. The summed E-state index contributed by atoms with van der Waals surface area (Å²) in [5, 5.41) is 5.78. The zero-order valence-electron chi connectivity index (χ0n) is 17.9. The van der Waals surface area contributed by atoms with E-state index in [9.17, 15) is 9.59 Å². The number of methoxy groups -OCH3 is 1. The molecule has 6 nitrogen and oxygen atoms in total. The van der Waals surface area contributed by atoms with Gasteiger partial charge in [-0.3, -0.25) is 9.59 Å². The first kappa shape index (κ1) is 22.0. The summed E-state index contributed by atoms with van der Waals surface area (Å²) in [5.74, 6) is 0.397. The molecule has 0 aliphatic rings. The van der Waals surface area contributed by atoms with Gasteiger partial charge in [-0.15, -0.1) is 0 Å². The predicted molar refractivity (Wildman–Crippen MR) is 120 cm³/mol. The molecule has 0 spiro atoms. The monoisotopic (exact) mass is 418 g/mol. The van der Waals surface area contributed by atoms with Gasteiger partial charge in [-0.1, -0.05) is 31.2 Å². The van der Waals surface area contributed by atoms with Gasteiger partial charge < -0.3 is 15.4 Å². The van der Waals surface area contributed by atoms with Crippen molar-refractivity contribution in [2.24, 2.45) is 0 Å². The minimum absolute atomic E-state index is 0.178. The van der Waals surface area contributed by atoms with Crippen LogP contribution in [0.4, 0.5) is 5.69 Å². The van der Waals surface area contributed by atoms with E-state index in [4.69, 9.17) is 4.74 Å². The molecule has 0 unspecified atom stereocenters. The van der Waals surface area contributed by atoms with Gasteiger partial charge in [0.1, 0.15) is 5.75 Å². The van der Waals surface area contributed by atoms with Crippen LogP contribution in [-0.4, -0.2) is 25.5 Å². The fourth-order valence-electron chi connectivity index (χ4n) is 3.18. The van der Waals surface area contributed by atoms with E-state index in [-0.39, 0.29) is 18.4 Å². The molecular weight excluding hydrogens is 390 g/mol. The molecule has 0 aliphatic carbocycles. The van der Waals surface area contributed by atoms with Crippen molar-refractivity contribution in [2.75, 3.05) is 19.0 Å². The molecule has 0 saturated heterocycles. The highest BCUT2D eigenvalue weighted by atomic mass is 16.5. The Bertz CT molecular complexity index is 1010. The highest BCUT2D eigenvalue weighted by Crippen LogP contribution is 2.15. The summed E-state index contributed by atoms with van der Waals surface area (Å²) in [6, 6.07) is 18.8. The van der Waals surface area contributed by atoms with Crippen molar-refractivity contribution < 1.29 is 18.9 Å². The van der Waals surface area contributed by atoms with Crippen LogP contribution in [0.15, 0.2) is 73.1 Å². The molecule has 31 heavy (non-hydrogen) atoms. The van der Waals surface area contributed by atoms with Crippen molar-refractivity contribution >= 4 is 17.5 Å². The van der Waals surface area contributed by atoms with Crippen LogP contribution in [0.5, 0.6) is 5.75 Å². The van der Waals surface area contributed by atoms with Crippen molar-refractivity contribution in [1.29, 1.82) is 0 Å². The number of carbonyl (C=O) groups is 2. The summed E-state index contributed by atoms with van der Waals surface area (Å²) in [7, 11) is 1.63. The van der Waals surface area contributed by atoms with E-state index in [1.807, 2.05) is 53.4 Å². The van der Waals surface area contributed by atoms with Crippen LogP contribution in [0.1, 0.15) is 28.4 Å². The number of aryl methyl sites for hydroxylation is 1. The number of amides is 2. The molecule has 2 aromatic carbocycles. The van der Waals surface area contributed by atoms with Crippen LogP contribution < -0.4 is 19.9 Å². The Hall–Kier alpha value is -3.67. The second-order valence-electron chi connectivity index (χ2n) is 7.18. The predicted octanol–water partition coefficient (Wildman–Crippen LogP) is 3.16. The fraction of sp³-hybridized carbons (Fsp3) is 0.240. The van der Waals surface area contributed by atoms with Gasteiger partial charge in [-0.25, -0.2) is 0 Å². The molecule has 0 bridgehead atoms. The summed E-state index contributed by atoms with van der Waals surface area (Å²) < 4.78 is 6.97. The van der Waals surface area contributed by atoms with Crippen molar-refractivity contribution in [3.8, 4) is 5.75 Å². The highest BCUT2D eigenvalue weighted by molar-refractivity contribution is 6.03. The van der Waals surface area contributed by atoms with Crippen LogP contribution in [0, 0.1) is 0 Å². The third-order valence-electron chi connectivity index (χ3n) is 5.00. The number of nitrogens with one attached hydrogen (secondary N) is 2. The number of rotatable bonds is 9. The number of carbonyl (C=O) groups excluding carboxylic acids is 2. The maximum Gasteiger partial charge on any atom is 0.290 e. The number of pyridine rings is 1. The minimum atomic E-state index is -0.218. The molecular formula is C25H28N3O3+. The Morgan fingerprint density at radius 1 is 0.935 bits per heavy atom. The van der Waals surface area contributed by atoms with E-state index in [0.717, 1.165) is 17.7 Å². The molecule has 6 heteroatoms. The second-order valence-corrected chi connectivity index (χ2v) is 7.18. The van der Waals surface area contributed by atoms with Crippen molar-refractivity contribution in [3.63, 3.8) is 0 Å². The number of anilines is 1. The number of para-hydroxylation sites is 1. The number of ether oxygens (including phenoxy) is 1. The van der Waals surface area contributed by atoms with Gasteiger partial charge in [0.15, 0.2) is 12.4 Å². The van der Waals surface area contributed by atoms with Crippen LogP contribution >= 0.6 is 0 Å². The lowest BCUT2D eigenvalue weighted by Gasteiger charge is -2.11. The third kappa shape index (κ3) is 6.40. The summed E-state index contributed by atoms with van der Waals surface area (Å²) in [5.41, 5.74) is 3.26. The summed E-state index contributed by atoms with van der Waals surface area (Å²) in [6.07, 6.45) is 5.43. The quantitative estimate of drug-likeness (QED) is 0.525. The van der Waals surface area contributed by atoms with Gasteiger partial charge in [0.2, 0.25) is 6.54 Å². The molecule has 0 atom stereocenters. The number of hydrogen-bond donors (Lipinski definition) is 2. The molecule has 1 aromatic heterocycles. The minimum Gasteiger partial charge on any atom is -0.497 e. The Morgan fingerprint density at radius 3 is 2.32 bits per heavy atom. The third-order valence-corrected chi connectivity index (χ3v) is 5.00. The molecule has 0 radical (unpaired) electrons. The van der Waals surface area contributed by atoms with E-state index in [0.29, 0.717) is 24.2 Å². The van der Waals surface area contributed by atoms with E-state index in [1.54, 1.807) is 31.4 Å². The van der Waals surface area contributed by atoms with Gasteiger partial charge in [-0.2, -0.15) is 4.57 Å². The Labute approximate surface area is 182 Å². The van der Waals surface area contributed by atoms with Crippen LogP contribution in [-0.2, 0) is 24.2 Å². The maximum absolute atomic E-state index is 12.7. The van der Waals surface area contributed by atoms with Gasteiger partial charge in [-0.05, 0) is 48.2 Å². The molecule has 2 amide bonds. The molecule has 3 aromatic rings. The van der Waals surface area contributed by atoms with Crippen LogP contribution in [0.25, 0.3) is 0 Å². The first-order valence-corrected chi connectivity index (χ1v) is 10.4. The normalized spacial score (nSPS) is 10.4. The topological polar surface area (TPSA) is 71.3 Å². The lowest BCUT2D eigenvalue weighted by Crippen LogP contribution is -2.39. The van der Waals surface area contributed by atoms with E-state index in [1.165, 1.54) is 5.56 Å². The Balaban J connectivity index is 1.56. The van der Waals surface area contributed by atoms with Gasteiger partial charge in [0, 0.05) is 18.7 Å². The van der Waals surface area contributed by atoms with E-state index in [2.05, 4.69) is 17.6 Å². The number of aromatic nitrogens is 1. The average molecular weight is 419 g/mol. The number of benzene rings is 2. The number of nitrogens with zero attached hydrogens (tertiary/aromatic N) is 1. The Kier molecular flexibility index (Phi) is 7.76. The fourth-order valence-corrected chi connectivity index (χ4v) is 3.18. The average Bonchev–Trinajstić information content (AvgIpc) is 2.80. The molecule has 160 valence electrons. The molecule has 0 saturated carbocycles. The Morgan fingerprint density at radius 2 is 1.65 bits per heavy atom. The van der Waals surface area contributed by atoms with Crippen molar-refractivity contribution in [1.82, 2.24) is 5.32 Å². The summed E-state index contributed by atoms with van der Waals surface area (Å²) >= 11 is 0. The maximum atomic E-state index is 12.7. The zero-order chi connectivity index (χ0) is 22.1. The number of hydrogen-bond acceptors (Lipinski definition) is 3. The highest BCUT2D eigenvalue weighted by Gasteiger charge is 2.15. The van der Waals surface area contributed by atoms with Gasteiger partial charge in [0.05, 0.1) is 18.4 Å². The molecule has 2 N–H and O–H groups in total. The zero-order valence-corrected chi connectivity index (χ0v) is 17.9. The molecule has 3 rings (SSSR count). The lowest BCUT2D eigenvalue weighted by atomic mass is 10.1. The SMILES string of the molecule is CCc1cc[n+](CC(=O)Nc2ccccc2C(=O)NCCc2ccc(OC)cc2)cc1. The van der Waals surface area contributed by atoms with E-state index < -0.39 is 0 Å². The first-order chi connectivity index (χ1) is 15.1. The van der Waals surface area contributed by atoms with Crippen LogP contribution in [0.3, 0.4) is 0 Å². The molecule has 0 fully saturated rings. The van der Waals surface area contributed by atoms with Crippen molar-refractivity contribution in [2.45, 2.75) is 26.3 Å². The second kappa shape index (κ2) is 10.9. The van der Waals surface area contributed by atoms with E-state index >= 15 is 0 Å². The smallest absolute Gasteiger partial charge is 0.290 e. The lowest BCUT2D eigenvalue weighted by molar-refractivity contribution is -0.684.